The van der Waals surface area contributed by atoms with Gasteiger partial charge in [0.1, 0.15) is 0 Å². The van der Waals surface area contributed by atoms with Crippen LogP contribution in [0.4, 0.5) is 0 Å². The Morgan fingerprint density at radius 2 is 2.00 bits per heavy atom. The van der Waals surface area contributed by atoms with E-state index in [2.05, 4.69) is 27.9 Å². The molecule has 20 heavy (non-hydrogen) atoms. The molecule has 0 bridgehead atoms. The zero-order chi connectivity index (χ0) is 14.8. The monoisotopic (exact) mass is 422 g/mol. The predicted molar refractivity (Wildman–Crippen MR) is 94.2 cm³/mol. The molecule has 3 N–H and O–H groups in total. The second-order valence-electron chi connectivity index (χ2n) is 5.09. The van der Waals surface area contributed by atoms with Crippen LogP contribution in [0, 0.1) is 3.57 Å². The molecule has 0 unspecified atom stereocenters. The van der Waals surface area contributed by atoms with Crippen molar-refractivity contribution in [1.82, 2.24) is 5.32 Å². The van der Waals surface area contributed by atoms with Gasteiger partial charge in [0.2, 0.25) is 0 Å². The first-order valence-corrected chi connectivity index (χ1v) is 8.38. The smallest absolute Gasteiger partial charge is 0.253 e. The second-order valence-corrected chi connectivity index (χ2v) is 7.12. The number of rotatable bonds is 3. The van der Waals surface area contributed by atoms with Crippen molar-refractivity contribution < 1.29 is 4.79 Å². The Morgan fingerprint density at radius 3 is 2.60 bits per heavy atom. The van der Waals surface area contributed by atoms with Gasteiger partial charge in [0.15, 0.2) is 0 Å². The maximum Gasteiger partial charge on any atom is 0.253 e. The summed E-state index contributed by atoms with van der Waals surface area (Å²) in [5, 5.41) is 3.59. The minimum atomic E-state index is -0.546. The van der Waals surface area contributed by atoms with E-state index in [9.17, 15) is 4.79 Å². The number of hydrogen-bond acceptors (Lipinski definition) is 2. The number of halogens is 2. The van der Waals surface area contributed by atoms with Crippen molar-refractivity contribution >= 4 is 57.3 Å². The topological polar surface area (TPSA) is 55.1 Å². The SMILES string of the molecule is NC(=S)C1(NC(=O)c2cc(Cl)ccc2I)CCCCC1. The first-order valence-electron chi connectivity index (χ1n) is 6.52. The minimum Gasteiger partial charge on any atom is -0.391 e. The molecule has 0 saturated heterocycles. The summed E-state index contributed by atoms with van der Waals surface area (Å²) in [6, 6.07) is 5.27. The molecule has 1 fully saturated rings. The van der Waals surface area contributed by atoms with Gasteiger partial charge in [-0.15, -0.1) is 0 Å². The Hall–Kier alpha value is -0.400. The van der Waals surface area contributed by atoms with E-state index in [0.29, 0.717) is 15.6 Å². The summed E-state index contributed by atoms with van der Waals surface area (Å²) < 4.78 is 0.860. The van der Waals surface area contributed by atoms with Crippen LogP contribution in [-0.4, -0.2) is 16.4 Å². The summed E-state index contributed by atoms with van der Waals surface area (Å²) in [4.78, 5) is 12.9. The van der Waals surface area contributed by atoms with Crippen LogP contribution in [-0.2, 0) is 0 Å². The molecule has 0 aromatic heterocycles. The van der Waals surface area contributed by atoms with Crippen molar-refractivity contribution in [3.8, 4) is 0 Å². The van der Waals surface area contributed by atoms with Gasteiger partial charge in [0, 0.05) is 8.59 Å². The van der Waals surface area contributed by atoms with E-state index in [1.165, 1.54) is 0 Å². The lowest BCUT2D eigenvalue weighted by molar-refractivity contribution is 0.0907. The second kappa shape index (κ2) is 6.58. The van der Waals surface area contributed by atoms with Crippen molar-refractivity contribution in [2.45, 2.75) is 37.6 Å². The molecule has 1 aliphatic rings. The molecule has 1 saturated carbocycles. The summed E-state index contributed by atoms with van der Waals surface area (Å²) in [7, 11) is 0. The van der Waals surface area contributed by atoms with E-state index in [0.717, 1.165) is 35.7 Å². The number of amides is 1. The number of nitrogens with one attached hydrogen (secondary N) is 1. The maximum absolute atomic E-state index is 12.5. The van der Waals surface area contributed by atoms with Gasteiger partial charge in [0.25, 0.3) is 5.91 Å². The van der Waals surface area contributed by atoms with Crippen molar-refractivity contribution in [3.63, 3.8) is 0 Å². The molecule has 0 radical (unpaired) electrons. The van der Waals surface area contributed by atoms with Gasteiger partial charge >= 0.3 is 0 Å². The summed E-state index contributed by atoms with van der Waals surface area (Å²) in [6.45, 7) is 0. The van der Waals surface area contributed by atoms with Gasteiger partial charge in [-0.05, 0) is 53.6 Å². The molecule has 6 heteroatoms. The number of thiocarbonyl (C=S) groups is 1. The highest BCUT2D eigenvalue weighted by atomic mass is 127. The lowest BCUT2D eigenvalue weighted by Gasteiger charge is -2.37. The molecule has 0 spiro atoms. The third-order valence-corrected chi connectivity index (χ3v) is 5.27. The quantitative estimate of drug-likeness (QED) is 0.577. The highest BCUT2D eigenvalue weighted by Crippen LogP contribution is 2.29. The Labute approximate surface area is 142 Å². The first-order chi connectivity index (χ1) is 9.44. The average Bonchev–Trinajstić information content (AvgIpc) is 2.42. The molecule has 3 nitrogen and oxygen atoms in total. The fourth-order valence-electron chi connectivity index (χ4n) is 2.54. The van der Waals surface area contributed by atoms with Gasteiger partial charge in [-0.2, -0.15) is 0 Å². The number of hydrogen-bond donors (Lipinski definition) is 2. The van der Waals surface area contributed by atoms with E-state index in [1.54, 1.807) is 12.1 Å². The van der Waals surface area contributed by atoms with E-state index < -0.39 is 5.54 Å². The van der Waals surface area contributed by atoms with Crippen LogP contribution in [0.2, 0.25) is 5.02 Å². The van der Waals surface area contributed by atoms with Gasteiger partial charge in [-0.25, -0.2) is 0 Å². The van der Waals surface area contributed by atoms with Crippen LogP contribution < -0.4 is 11.1 Å². The normalized spacial score (nSPS) is 17.5. The largest absolute Gasteiger partial charge is 0.391 e. The molecule has 0 aliphatic heterocycles. The van der Waals surface area contributed by atoms with Crippen molar-refractivity contribution in [2.75, 3.05) is 0 Å². The van der Waals surface area contributed by atoms with Crippen molar-refractivity contribution in [3.05, 3.63) is 32.4 Å². The number of nitrogens with two attached hydrogens (primary N) is 1. The van der Waals surface area contributed by atoms with Crippen LogP contribution in [0.1, 0.15) is 42.5 Å². The Balaban J connectivity index is 2.24. The predicted octanol–water partition coefficient (Wildman–Crippen LogP) is 3.66. The van der Waals surface area contributed by atoms with Crippen molar-refractivity contribution in [2.24, 2.45) is 5.73 Å². The number of carbonyl (C=O) groups is 1. The lowest BCUT2D eigenvalue weighted by Crippen LogP contribution is -2.57. The molecule has 1 aliphatic carbocycles. The van der Waals surface area contributed by atoms with E-state index in [1.807, 2.05) is 6.07 Å². The zero-order valence-electron chi connectivity index (χ0n) is 10.9. The fraction of sp³-hybridized carbons (Fsp3) is 0.429. The van der Waals surface area contributed by atoms with Crippen LogP contribution >= 0.6 is 46.4 Å². The Bertz CT molecular complexity index is 544. The van der Waals surface area contributed by atoms with Crippen LogP contribution in [0.3, 0.4) is 0 Å². The molecule has 108 valence electrons. The third kappa shape index (κ3) is 3.43. The Morgan fingerprint density at radius 1 is 1.35 bits per heavy atom. The highest BCUT2D eigenvalue weighted by molar-refractivity contribution is 14.1. The summed E-state index contributed by atoms with van der Waals surface area (Å²) >= 11 is 13.3. The molecule has 1 aromatic rings. The van der Waals surface area contributed by atoms with E-state index >= 15 is 0 Å². The first kappa shape index (κ1) is 16.0. The standard InChI is InChI=1S/C14H16ClIN2OS/c15-9-4-5-11(16)10(8-9)12(19)18-14(13(17)20)6-2-1-3-7-14/h4-5,8H,1-3,6-7H2,(H2,17,20)(H,18,19). The van der Waals surface area contributed by atoms with Gasteiger partial charge in [0.05, 0.1) is 16.1 Å². The lowest BCUT2D eigenvalue weighted by atomic mass is 9.81. The average molecular weight is 423 g/mol. The maximum atomic E-state index is 12.5. The summed E-state index contributed by atoms with van der Waals surface area (Å²) in [5.74, 6) is -0.161. The number of benzene rings is 1. The van der Waals surface area contributed by atoms with Crippen LogP contribution in [0.15, 0.2) is 18.2 Å². The molecule has 0 atom stereocenters. The molecule has 0 heterocycles. The molecule has 1 amide bonds. The summed E-state index contributed by atoms with van der Waals surface area (Å²) in [6.07, 6.45) is 4.85. The fourth-order valence-corrected chi connectivity index (χ4v) is 3.55. The highest BCUT2D eigenvalue weighted by Gasteiger charge is 2.36. The van der Waals surface area contributed by atoms with Gasteiger partial charge in [-0.1, -0.05) is 43.1 Å². The molecule has 1 aromatic carbocycles. The van der Waals surface area contributed by atoms with Crippen molar-refractivity contribution in [1.29, 1.82) is 0 Å². The number of carbonyl (C=O) groups excluding carboxylic acids is 1. The van der Waals surface area contributed by atoms with Crippen LogP contribution in [0.25, 0.3) is 0 Å². The Kier molecular flexibility index (Phi) is 5.25. The van der Waals surface area contributed by atoms with Gasteiger partial charge < -0.3 is 11.1 Å². The summed E-state index contributed by atoms with van der Waals surface area (Å²) in [5.41, 5.74) is 5.91. The molecule has 2 rings (SSSR count). The minimum absolute atomic E-state index is 0.161. The van der Waals surface area contributed by atoms with E-state index in [4.69, 9.17) is 29.6 Å². The molecular weight excluding hydrogens is 407 g/mol. The van der Waals surface area contributed by atoms with Gasteiger partial charge in [-0.3, -0.25) is 4.79 Å². The van der Waals surface area contributed by atoms with E-state index in [-0.39, 0.29) is 5.91 Å². The zero-order valence-corrected chi connectivity index (χ0v) is 14.6. The third-order valence-electron chi connectivity index (χ3n) is 3.70. The van der Waals surface area contributed by atoms with Crippen LogP contribution in [0.5, 0.6) is 0 Å². The molecular formula is C14H16ClIN2OS.